The summed E-state index contributed by atoms with van der Waals surface area (Å²) in [6, 6.07) is 0. The highest BCUT2D eigenvalue weighted by molar-refractivity contribution is 4.94. The summed E-state index contributed by atoms with van der Waals surface area (Å²) in [6.07, 6.45) is 13.3. The maximum atomic E-state index is 3.69. The van der Waals surface area contributed by atoms with Crippen molar-refractivity contribution in [3.8, 4) is 0 Å². The largest absolute Gasteiger partial charge is 0.316 e. The van der Waals surface area contributed by atoms with Gasteiger partial charge in [-0.15, -0.1) is 0 Å². The minimum Gasteiger partial charge on any atom is -0.316 e. The van der Waals surface area contributed by atoms with Crippen molar-refractivity contribution in [3.05, 3.63) is 0 Å². The monoisotopic (exact) mass is 209 g/mol. The average molecular weight is 209 g/mol. The molecule has 88 valence electrons. The smallest absolute Gasteiger partial charge is 0.00105 e. The lowest BCUT2D eigenvalue weighted by Gasteiger charge is -2.48. The predicted octanol–water partition coefficient (Wildman–Crippen LogP) is 3.74. The molecule has 0 aliphatic heterocycles. The van der Waals surface area contributed by atoms with Crippen LogP contribution in [0, 0.1) is 11.3 Å². The van der Waals surface area contributed by atoms with Gasteiger partial charge in [0.1, 0.15) is 0 Å². The van der Waals surface area contributed by atoms with Crippen LogP contribution in [0.1, 0.15) is 64.7 Å². The third-order valence-corrected chi connectivity index (χ3v) is 4.72. The van der Waals surface area contributed by atoms with E-state index < -0.39 is 0 Å². The van der Waals surface area contributed by atoms with Crippen molar-refractivity contribution in [3.63, 3.8) is 0 Å². The summed E-state index contributed by atoms with van der Waals surface area (Å²) in [7, 11) is 0. The molecule has 2 rings (SSSR count). The molecule has 0 aromatic heterocycles. The van der Waals surface area contributed by atoms with Crippen LogP contribution in [0.3, 0.4) is 0 Å². The Morgan fingerprint density at radius 3 is 2.33 bits per heavy atom. The van der Waals surface area contributed by atoms with Gasteiger partial charge in [0.15, 0.2) is 0 Å². The fourth-order valence-electron chi connectivity index (χ4n) is 3.52. The molecule has 0 amide bonds. The Morgan fingerprint density at radius 1 is 1.07 bits per heavy atom. The molecule has 2 aliphatic rings. The molecule has 1 heteroatoms. The summed E-state index contributed by atoms with van der Waals surface area (Å²) >= 11 is 0. The summed E-state index contributed by atoms with van der Waals surface area (Å²) in [6.45, 7) is 4.80. The maximum Gasteiger partial charge on any atom is 0.00105 e. The fourth-order valence-corrected chi connectivity index (χ4v) is 3.52. The van der Waals surface area contributed by atoms with Gasteiger partial charge in [-0.2, -0.15) is 0 Å². The van der Waals surface area contributed by atoms with Gasteiger partial charge in [-0.05, 0) is 50.0 Å². The SMILES string of the molecule is CCCNCC1(C2CCC2)CCCCC1. The first-order chi connectivity index (χ1) is 7.37. The minimum absolute atomic E-state index is 0.714. The highest BCUT2D eigenvalue weighted by atomic mass is 14.9. The molecule has 0 atom stereocenters. The molecule has 1 nitrogen and oxygen atoms in total. The van der Waals surface area contributed by atoms with Crippen LogP contribution in [0.25, 0.3) is 0 Å². The summed E-state index contributed by atoms with van der Waals surface area (Å²) in [5.41, 5.74) is 0.714. The van der Waals surface area contributed by atoms with E-state index in [0.29, 0.717) is 5.41 Å². The Kier molecular flexibility index (Phi) is 4.07. The molecule has 1 N–H and O–H groups in total. The van der Waals surface area contributed by atoms with Gasteiger partial charge in [0, 0.05) is 6.54 Å². The lowest BCUT2D eigenvalue weighted by atomic mass is 9.59. The van der Waals surface area contributed by atoms with E-state index >= 15 is 0 Å². The first kappa shape index (κ1) is 11.4. The molecule has 2 aliphatic carbocycles. The van der Waals surface area contributed by atoms with Crippen LogP contribution in [-0.2, 0) is 0 Å². The Hall–Kier alpha value is -0.0400. The standard InChI is InChI=1S/C14H27N/c1-2-11-15-12-14(13-7-6-8-13)9-4-3-5-10-14/h13,15H,2-12H2,1H3. The molecule has 0 heterocycles. The van der Waals surface area contributed by atoms with E-state index in [4.69, 9.17) is 0 Å². The second kappa shape index (κ2) is 5.34. The van der Waals surface area contributed by atoms with Crippen LogP contribution < -0.4 is 5.32 Å². The lowest BCUT2D eigenvalue weighted by molar-refractivity contribution is 0.0409. The molecular formula is C14H27N. The molecule has 2 fully saturated rings. The lowest BCUT2D eigenvalue weighted by Crippen LogP contribution is -2.44. The van der Waals surface area contributed by atoms with Crippen LogP contribution in [0.4, 0.5) is 0 Å². The van der Waals surface area contributed by atoms with Gasteiger partial charge in [0.05, 0.1) is 0 Å². The Labute approximate surface area is 95.0 Å². The molecule has 0 bridgehead atoms. The van der Waals surface area contributed by atoms with E-state index in [1.165, 1.54) is 70.9 Å². The molecule has 0 saturated heterocycles. The quantitative estimate of drug-likeness (QED) is 0.680. The Balaban J connectivity index is 1.88. The van der Waals surface area contributed by atoms with E-state index in [1.54, 1.807) is 0 Å². The first-order valence-electron chi connectivity index (χ1n) is 7.08. The van der Waals surface area contributed by atoms with Crippen molar-refractivity contribution in [1.29, 1.82) is 0 Å². The summed E-state index contributed by atoms with van der Waals surface area (Å²) in [5.74, 6) is 1.07. The van der Waals surface area contributed by atoms with Crippen molar-refractivity contribution < 1.29 is 0 Å². The molecule has 0 radical (unpaired) electrons. The van der Waals surface area contributed by atoms with Crippen molar-refractivity contribution in [2.24, 2.45) is 11.3 Å². The highest BCUT2D eigenvalue weighted by Crippen LogP contribution is 2.50. The van der Waals surface area contributed by atoms with E-state index in [9.17, 15) is 0 Å². The molecule has 0 aromatic rings. The van der Waals surface area contributed by atoms with Crippen molar-refractivity contribution in [1.82, 2.24) is 5.32 Å². The summed E-state index contributed by atoms with van der Waals surface area (Å²) < 4.78 is 0. The van der Waals surface area contributed by atoms with E-state index in [-0.39, 0.29) is 0 Å². The van der Waals surface area contributed by atoms with Crippen LogP contribution in [0.5, 0.6) is 0 Å². The van der Waals surface area contributed by atoms with Gasteiger partial charge < -0.3 is 5.32 Å². The highest BCUT2D eigenvalue weighted by Gasteiger charge is 2.41. The van der Waals surface area contributed by atoms with Crippen LogP contribution in [0.15, 0.2) is 0 Å². The van der Waals surface area contributed by atoms with Crippen molar-refractivity contribution in [2.45, 2.75) is 64.7 Å². The van der Waals surface area contributed by atoms with Crippen LogP contribution >= 0.6 is 0 Å². The number of rotatable bonds is 5. The number of hydrogen-bond donors (Lipinski definition) is 1. The third-order valence-electron chi connectivity index (χ3n) is 4.72. The molecule has 0 spiro atoms. The zero-order valence-corrected chi connectivity index (χ0v) is 10.4. The van der Waals surface area contributed by atoms with E-state index in [0.717, 1.165) is 5.92 Å². The topological polar surface area (TPSA) is 12.0 Å². The van der Waals surface area contributed by atoms with Crippen LogP contribution in [-0.4, -0.2) is 13.1 Å². The minimum atomic E-state index is 0.714. The predicted molar refractivity (Wildman–Crippen MR) is 66.0 cm³/mol. The van der Waals surface area contributed by atoms with Gasteiger partial charge in [-0.1, -0.05) is 32.6 Å². The van der Waals surface area contributed by atoms with Crippen molar-refractivity contribution in [2.75, 3.05) is 13.1 Å². The van der Waals surface area contributed by atoms with Gasteiger partial charge in [0.25, 0.3) is 0 Å². The van der Waals surface area contributed by atoms with E-state index in [2.05, 4.69) is 12.2 Å². The fraction of sp³-hybridized carbons (Fsp3) is 1.00. The second-order valence-corrected chi connectivity index (χ2v) is 5.73. The third kappa shape index (κ3) is 2.55. The molecule has 2 saturated carbocycles. The van der Waals surface area contributed by atoms with Crippen molar-refractivity contribution >= 4 is 0 Å². The number of hydrogen-bond acceptors (Lipinski definition) is 1. The first-order valence-corrected chi connectivity index (χ1v) is 7.08. The summed E-state index contributed by atoms with van der Waals surface area (Å²) in [5, 5.41) is 3.69. The maximum absolute atomic E-state index is 3.69. The Bertz CT molecular complexity index is 178. The molecule has 0 aromatic carbocycles. The van der Waals surface area contributed by atoms with Crippen LogP contribution in [0.2, 0.25) is 0 Å². The zero-order chi connectivity index (χ0) is 10.6. The zero-order valence-electron chi connectivity index (χ0n) is 10.4. The molecular weight excluding hydrogens is 182 g/mol. The van der Waals surface area contributed by atoms with Gasteiger partial charge in [0.2, 0.25) is 0 Å². The van der Waals surface area contributed by atoms with Gasteiger partial charge in [-0.25, -0.2) is 0 Å². The van der Waals surface area contributed by atoms with Gasteiger partial charge >= 0.3 is 0 Å². The average Bonchev–Trinajstić information content (AvgIpc) is 2.17. The Morgan fingerprint density at radius 2 is 1.80 bits per heavy atom. The normalized spacial score (nSPS) is 26.2. The van der Waals surface area contributed by atoms with Gasteiger partial charge in [-0.3, -0.25) is 0 Å². The summed E-state index contributed by atoms with van der Waals surface area (Å²) in [4.78, 5) is 0. The van der Waals surface area contributed by atoms with E-state index in [1.807, 2.05) is 0 Å². The molecule has 15 heavy (non-hydrogen) atoms. The number of nitrogens with one attached hydrogen (secondary N) is 1. The molecule has 0 unspecified atom stereocenters. The second-order valence-electron chi connectivity index (χ2n) is 5.73.